The minimum atomic E-state index is -3.75. The minimum Gasteiger partial charge on any atom is -0.453 e. The number of halogens is 1. The lowest BCUT2D eigenvalue weighted by Crippen LogP contribution is -2.68. The van der Waals surface area contributed by atoms with Crippen LogP contribution in [0.4, 0.5) is 14.9 Å². The van der Waals surface area contributed by atoms with Crippen molar-refractivity contribution in [3.8, 4) is 0 Å². The molecule has 0 radical (unpaired) electrons. The number of benzene rings is 3. The molecule has 3 saturated heterocycles. The van der Waals surface area contributed by atoms with E-state index in [1.165, 1.54) is 50.9 Å². The fourth-order valence-corrected chi connectivity index (χ4v) is 11.0. The second-order valence-electron chi connectivity index (χ2n) is 15.9. The van der Waals surface area contributed by atoms with Crippen molar-refractivity contribution < 1.29 is 31.9 Å². The third kappa shape index (κ3) is 7.85. The van der Waals surface area contributed by atoms with Crippen molar-refractivity contribution in [2.75, 3.05) is 78.5 Å². The number of piperidine rings is 1. The summed E-state index contributed by atoms with van der Waals surface area (Å²) in [6, 6.07) is 20.1. The molecule has 1 unspecified atom stereocenters. The fraction of sp³-hybridized carbons (Fsp3) is 0.524. The maximum atomic E-state index is 15.1. The molecule has 11 nitrogen and oxygen atoms in total. The smallest absolute Gasteiger partial charge is 0.407 e. The lowest BCUT2D eigenvalue weighted by molar-refractivity contribution is -0.0657. The van der Waals surface area contributed by atoms with Crippen molar-refractivity contribution in [3.63, 3.8) is 0 Å². The predicted molar refractivity (Wildman–Crippen MR) is 209 cm³/mol. The summed E-state index contributed by atoms with van der Waals surface area (Å²) in [4.78, 5) is 32.0. The molecule has 2 amide bonds. The number of carbonyl (C=O) groups is 2. The highest BCUT2D eigenvalue weighted by Crippen LogP contribution is 2.51. The van der Waals surface area contributed by atoms with E-state index in [1.807, 2.05) is 18.2 Å². The van der Waals surface area contributed by atoms with Gasteiger partial charge < -0.3 is 34.8 Å². The van der Waals surface area contributed by atoms with E-state index in [9.17, 15) is 18.0 Å². The standard InChI is InChI=1S/C42H54FN5O6S/c1-44-39(49)30-11-15-35(16-12-30)55(51,52)36-17-13-34(14-18-36)48-27-41(28-48,54-3)26-47-23-19-31(20-24-47)42(29-46-21-6-22-46,32-7-4-8-33(43)25-32)37-9-5-10-38(37)45-40(50)53-2/h4,7-8,11-18,25,31,37-38H,5-6,9-10,19-24,26-29H2,1-3H3,(H,44,49)(H,45,50)/t37-,38-,42?/m0/s1. The average molecular weight is 776 g/mol. The van der Waals surface area contributed by atoms with Crippen LogP contribution in [0.1, 0.15) is 54.4 Å². The van der Waals surface area contributed by atoms with E-state index in [0.717, 1.165) is 82.6 Å². The molecule has 55 heavy (non-hydrogen) atoms. The van der Waals surface area contributed by atoms with Crippen molar-refractivity contribution in [2.24, 2.45) is 11.8 Å². The highest BCUT2D eigenvalue weighted by atomic mass is 32.2. The predicted octanol–water partition coefficient (Wildman–Crippen LogP) is 5.10. The Hall–Kier alpha value is -4.04. The zero-order chi connectivity index (χ0) is 38.8. The van der Waals surface area contributed by atoms with Gasteiger partial charge in [-0.2, -0.15) is 0 Å². The summed E-state index contributed by atoms with van der Waals surface area (Å²) in [7, 11) is 0.960. The zero-order valence-corrected chi connectivity index (χ0v) is 33.0. The van der Waals surface area contributed by atoms with E-state index in [4.69, 9.17) is 9.47 Å². The van der Waals surface area contributed by atoms with E-state index in [1.54, 1.807) is 25.3 Å². The van der Waals surface area contributed by atoms with Crippen molar-refractivity contribution in [3.05, 3.63) is 89.7 Å². The van der Waals surface area contributed by atoms with Gasteiger partial charge in [0.05, 0.1) is 30.0 Å². The Labute approximate surface area is 324 Å². The number of rotatable bonds is 13. The number of hydrogen-bond acceptors (Lipinski definition) is 9. The fourth-order valence-electron chi connectivity index (χ4n) is 9.78. The van der Waals surface area contributed by atoms with Crippen LogP contribution >= 0.6 is 0 Å². The third-order valence-electron chi connectivity index (χ3n) is 12.8. The number of nitrogens with one attached hydrogen (secondary N) is 2. The molecule has 0 bridgehead atoms. The third-order valence-corrected chi connectivity index (χ3v) is 14.6. The molecule has 1 saturated carbocycles. The Kier molecular flexibility index (Phi) is 11.6. The Morgan fingerprint density at radius 1 is 0.873 bits per heavy atom. The summed E-state index contributed by atoms with van der Waals surface area (Å²) < 4.78 is 53.0. The second-order valence-corrected chi connectivity index (χ2v) is 17.8. The van der Waals surface area contributed by atoms with Crippen LogP contribution in [0, 0.1) is 17.7 Å². The molecule has 7 rings (SSSR count). The van der Waals surface area contributed by atoms with Crippen LogP contribution in [0.5, 0.6) is 0 Å². The number of hydrogen-bond donors (Lipinski definition) is 2. The van der Waals surface area contributed by atoms with Gasteiger partial charge >= 0.3 is 6.09 Å². The number of likely N-dealkylation sites (tertiary alicyclic amines) is 2. The number of nitrogens with zero attached hydrogens (tertiary/aromatic N) is 3. The van der Waals surface area contributed by atoms with E-state index in [0.29, 0.717) is 24.6 Å². The van der Waals surface area contributed by atoms with Gasteiger partial charge in [-0.25, -0.2) is 17.6 Å². The molecule has 3 aromatic carbocycles. The number of anilines is 1. The average Bonchev–Trinajstić information content (AvgIpc) is 3.64. The van der Waals surface area contributed by atoms with Gasteiger partial charge in [-0.1, -0.05) is 18.6 Å². The van der Waals surface area contributed by atoms with E-state index in [-0.39, 0.29) is 44.5 Å². The van der Waals surface area contributed by atoms with Gasteiger partial charge in [-0.05, 0) is 136 Å². The number of carbonyl (C=O) groups excluding carboxylic acids is 2. The van der Waals surface area contributed by atoms with Crippen LogP contribution in [0.15, 0.2) is 82.6 Å². The number of amides is 2. The Balaban J connectivity index is 1.03. The largest absolute Gasteiger partial charge is 0.453 e. The first-order valence-electron chi connectivity index (χ1n) is 19.5. The summed E-state index contributed by atoms with van der Waals surface area (Å²) in [5.41, 5.74) is 1.69. The SMILES string of the molecule is CNC(=O)c1ccc(S(=O)(=O)c2ccc(N3CC(CN4CCC(C(CN5CCC5)(c5cccc(F)c5)[C@H]5CCC[C@@H]5NC(=O)OC)CC4)(OC)C3)cc2)cc1. The Morgan fingerprint density at radius 2 is 1.55 bits per heavy atom. The topological polar surface area (TPSA) is 121 Å². The highest BCUT2D eigenvalue weighted by Gasteiger charge is 2.54. The number of alkyl carbamates (subject to hydrolysis) is 1. The van der Waals surface area contributed by atoms with Gasteiger partial charge in [0.15, 0.2) is 0 Å². The molecule has 3 heterocycles. The van der Waals surface area contributed by atoms with Crippen LogP contribution in [-0.2, 0) is 24.7 Å². The maximum Gasteiger partial charge on any atom is 0.407 e. The zero-order valence-electron chi connectivity index (χ0n) is 32.1. The van der Waals surface area contributed by atoms with E-state index < -0.39 is 15.9 Å². The van der Waals surface area contributed by atoms with E-state index >= 15 is 4.39 Å². The summed E-state index contributed by atoms with van der Waals surface area (Å²) in [5.74, 6) is -0.0352. The van der Waals surface area contributed by atoms with Gasteiger partial charge in [0.1, 0.15) is 11.4 Å². The van der Waals surface area contributed by atoms with Crippen LogP contribution < -0.4 is 15.5 Å². The van der Waals surface area contributed by atoms with Crippen molar-refractivity contribution in [1.82, 2.24) is 20.4 Å². The van der Waals surface area contributed by atoms with Crippen LogP contribution in [0.3, 0.4) is 0 Å². The van der Waals surface area contributed by atoms with Crippen LogP contribution in [-0.4, -0.2) is 115 Å². The molecule has 3 atom stereocenters. The molecule has 3 aromatic rings. The lowest BCUT2D eigenvalue weighted by atomic mass is 9.57. The second kappa shape index (κ2) is 16.2. The maximum absolute atomic E-state index is 15.1. The molecular weight excluding hydrogens is 722 g/mol. The molecule has 3 aliphatic heterocycles. The minimum absolute atomic E-state index is 0.0382. The van der Waals surface area contributed by atoms with Crippen molar-refractivity contribution in [2.45, 2.75) is 65.4 Å². The highest BCUT2D eigenvalue weighted by molar-refractivity contribution is 7.91. The number of ether oxygens (including phenoxy) is 2. The molecule has 0 aromatic heterocycles. The Morgan fingerprint density at radius 3 is 2.13 bits per heavy atom. The number of sulfone groups is 1. The van der Waals surface area contributed by atoms with Crippen LogP contribution in [0.2, 0.25) is 0 Å². The van der Waals surface area contributed by atoms with Gasteiger partial charge in [0.2, 0.25) is 9.84 Å². The molecule has 1 aliphatic carbocycles. The molecule has 2 N–H and O–H groups in total. The first kappa shape index (κ1) is 39.2. The molecule has 0 spiro atoms. The van der Waals surface area contributed by atoms with Crippen molar-refractivity contribution in [1.29, 1.82) is 0 Å². The molecule has 4 fully saturated rings. The normalized spacial score (nSPS) is 22.9. The molecule has 296 valence electrons. The summed E-state index contributed by atoms with van der Waals surface area (Å²) in [5, 5.41) is 5.72. The summed E-state index contributed by atoms with van der Waals surface area (Å²) >= 11 is 0. The first-order chi connectivity index (χ1) is 26.5. The quantitative estimate of drug-likeness (QED) is 0.245. The van der Waals surface area contributed by atoms with Crippen molar-refractivity contribution >= 4 is 27.5 Å². The van der Waals surface area contributed by atoms with Gasteiger partial charge in [0.25, 0.3) is 5.91 Å². The monoisotopic (exact) mass is 775 g/mol. The molecule has 4 aliphatic rings. The van der Waals surface area contributed by atoms with E-state index in [2.05, 4.69) is 31.4 Å². The first-order valence-corrected chi connectivity index (χ1v) is 21.0. The molecule has 13 heteroatoms. The van der Waals surface area contributed by atoms with Gasteiger partial charge in [0, 0.05) is 50.0 Å². The number of methoxy groups -OCH3 is 2. The van der Waals surface area contributed by atoms with Gasteiger partial charge in [-0.15, -0.1) is 0 Å². The lowest BCUT2D eigenvalue weighted by Gasteiger charge is -2.55. The summed E-state index contributed by atoms with van der Waals surface area (Å²) in [6.07, 6.45) is 5.54. The Bertz CT molecular complexity index is 1930. The summed E-state index contributed by atoms with van der Waals surface area (Å²) in [6.45, 7) is 6.86. The molecular formula is C42H54FN5O6S. The van der Waals surface area contributed by atoms with Crippen LogP contribution in [0.25, 0.3) is 0 Å². The van der Waals surface area contributed by atoms with Gasteiger partial charge in [-0.3, -0.25) is 4.79 Å².